The average molecular weight is 242 g/mol. The normalized spacial score (nSPS) is 9.85. The monoisotopic (exact) mass is 241 g/mol. The minimum atomic E-state index is 0.0203. The molecule has 0 N–H and O–H groups in total. The van der Waals surface area contributed by atoms with Crippen LogP contribution in [-0.2, 0) is 0 Å². The highest BCUT2D eigenvalue weighted by atomic mass is 79.9. The summed E-state index contributed by atoms with van der Waals surface area (Å²) in [7, 11) is 3.49. The molecule has 1 aromatic carbocycles. The van der Waals surface area contributed by atoms with Crippen LogP contribution in [-0.4, -0.2) is 24.9 Å². The van der Waals surface area contributed by atoms with Crippen LogP contribution in [0, 0.1) is 6.92 Å². The van der Waals surface area contributed by atoms with Crippen molar-refractivity contribution < 1.29 is 4.79 Å². The third-order valence-corrected chi connectivity index (χ3v) is 2.42. The van der Waals surface area contributed by atoms with Gasteiger partial charge in [0.2, 0.25) is 0 Å². The van der Waals surface area contributed by atoms with Crippen LogP contribution in [0.5, 0.6) is 0 Å². The van der Waals surface area contributed by atoms with E-state index < -0.39 is 0 Å². The van der Waals surface area contributed by atoms with Gasteiger partial charge in [0.15, 0.2) is 0 Å². The number of carbonyl (C=O) groups excluding carboxylic acids is 1. The van der Waals surface area contributed by atoms with E-state index in [4.69, 9.17) is 0 Å². The maximum absolute atomic E-state index is 11.6. The topological polar surface area (TPSA) is 20.3 Å². The van der Waals surface area contributed by atoms with Crippen molar-refractivity contribution in [1.29, 1.82) is 0 Å². The number of aryl methyl sites for hydroxylation is 1. The minimum absolute atomic E-state index is 0.0203. The van der Waals surface area contributed by atoms with Crippen LogP contribution in [0.3, 0.4) is 0 Å². The van der Waals surface area contributed by atoms with E-state index in [1.807, 2.05) is 25.1 Å². The summed E-state index contributed by atoms with van der Waals surface area (Å²) in [6.45, 7) is 1.99. The molecule has 0 unspecified atom stereocenters. The number of halogens is 1. The van der Waals surface area contributed by atoms with Gasteiger partial charge in [-0.05, 0) is 40.5 Å². The van der Waals surface area contributed by atoms with Crippen LogP contribution in [0.15, 0.2) is 22.7 Å². The lowest BCUT2D eigenvalue weighted by atomic mass is 10.1. The zero-order valence-electron chi connectivity index (χ0n) is 7.97. The first kappa shape index (κ1) is 10.3. The second kappa shape index (κ2) is 3.92. The lowest BCUT2D eigenvalue weighted by Gasteiger charge is -2.11. The molecule has 0 aliphatic carbocycles. The van der Waals surface area contributed by atoms with E-state index in [-0.39, 0.29) is 5.91 Å². The zero-order chi connectivity index (χ0) is 10.0. The quantitative estimate of drug-likeness (QED) is 0.740. The fourth-order valence-electron chi connectivity index (χ4n) is 1.03. The SMILES string of the molecule is Cc1ccc(C(=O)N(C)C)c(Br)c1. The first-order chi connectivity index (χ1) is 6.02. The second-order valence-corrected chi connectivity index (χ2v) is 4.04. The van der Waals surface area contributed by atoms with Crippen LogP contribution in [0.1, 0.15) is 15.9 Å². The molecule has 0 saturated carbocycles. The molecule has 70 valence electrons. The molecular formula is C10H12BrNO. The molecule has 2 nitrogen and oxygen atoms in total. The number of benzene rings is 1. The van der Waals surface area contributed by atoms with Crippen molar-refractivity contribution in [2.75, 3.05) is 14.1 Å². The van der Waals surface area contributed by atoms with Gasteiger partial charge in [0.05, 0.1) is 5.56 Å². The zero-order valence-corrected chi connectivity index (χ0v) is 9.55. The molecule has 3 heteroatoms. The average Bonchev–Trinajstić information content (AvgIpc) is 2.03. The van der Waals surface area contributed by atoms with Gasteiger partial charge in [0.1, 0.15) is 0 Å². The van der Waals surface area contributed by atoms with Gasteiger partial charge >= 0.3 is 0 Å². The van der Waals surface area contributed by atoms with Crippen molar-refractivity contribution in [1.82, 2.24) is 4.90 Å². The Bertz CT molecular complexity index is 334. The second-order valence-electron chi connectivity index (χ2n) is 3.18. The highest BCUT2D eigenvalue weighted by Gasteiger charge is 2.10. The number of rotatable bonds is 1. The van der Waals surface area contributed by atoms with Crippen LogP contribution >= 0.6 is 15.9 Å². The van der Waals surface area contributed by atoms with Gasteiger partial charge in [-0.2, -0.15) is 0 Å². The first-order valence-electron chi connectivity index (χ1n) is 4.00. The Kier molecular flexibility index (Phi) is 3.09. The van der Waals surface area contributed by atoms with Gasteiger partial charge < -0.3 is 4.90 Å². The molecule has 0 saturated heterocycles. The molecule has 0 aliphatic rings. The van der Waals surface area contributed by atoms with E-state index in [0.29, 0.717) is 5.56 Å². The van der Waals surface area contributed by atoms with E-state index in [1.54, 1.807) is 19.0 Å². The number of hydrogen-bond donors (Lipinski definition) is 0. The largest absolute Gasteiger partial charge is 0.345 e. The van der Waals surface area contributed by atoms with Gasteiger partial charge in [-0.25, -0.2) is 0 Å². The van der Waals surface area contributed by atoms with Crippen molar-refractivity contribution in [3.05, 3.63) is 33.8 Å². The summed E-state index contributed by atoms with van der Waals surface area (Å²) in [6, 6.07) is 5.71. The maximum atomic E-state index is 11.6. The molecule has 13 heavy (non-hydrogen) atoms. The highest BCUT2D eigenvalue weighted by molar-refractivity contribution is 9.10. The summed E-state index contributed by atoms with van der Waals surface area (Å²) in [5, 5.41) is 0. The summed E-state index contributed by atoms with van der Waals surface area (Å²) < 4.78 is 0.853. The van der Waals surface area contributed by atoms with E-state index in [9.17, 15) is 4.79 Å². The molecular weight excluding hydrogens is 230 g/mol. The fraction of sp³-hybridized carbons (Fsp3) is 0.300. The van der Waals surface area contributed by atoms with Crippen molar-refractivity contribution in [3.8, 4) is 0 Å². The Balaban J connectivity index is 3.09. The standard InChI is InChI=1S/C10H12BrNO/c1-7-4-5-8(9(11)6-7)10(13)12(2)3/h4-6H,1-3H3. The van der Waals surface area contributed by atoms with E-state index in [0.717, 1.165) is 10.0 Å². The molecule has 1 aromatic rings. The summed E-state index contributed by atoms with van der Waals surface area (Å²) >= 11 is 3.37. The summed E-state index contributed by atoms with van der Waals surface area (Å²) in [6.07, 6.45) is 0. The fourth-order valence-corrected chi connectivity index (χ4v) is 1.70. The van der Waals surface area contributed by atoms with Gasteiger partial charge in [-0.3, -0.25) is 4.79 Å². The van der Waals surface area contributed by atoms with Crippen molar-refractivity contribution in [2.45, 2.75) is 6.92 Å². The molecule has 0 radical (unpaired) electrons. The Labute approximate surface area is 86.7 Å². The predicted molar refractivity (Wildman–Crippen MR) is 56.9 cm³/mol. The van der Waals surface area contributed by atoms with E-state index in [1.165, 1.54) is 0 Å². The Morgan fingerprint density at radius 2 is 2.00 bits per heavy atom. The van der Waals surface area contributed by atoms with Crippen molar-refractivity contribution in [2.24, 2.45) is 0 Å². The smallest absolute Gasteiger partial charge is 0.254 e. The summed E-state index contributed by atoms with van der Waals surface area (Å²) in [5.74, 6) is 0.0203. The number of carbonyl (C=O) groups is 1. The lowest BCUT2D eigenvalue weighted by Crippen LogP contribution is -2.22. The lowest BCUT2D eigenvalue weighted by molar-refractivity contribution is 0.0827. The molecule has 0 atom stereocenters. The van der Waals surface area contributed by atoms with Crippen LogP contribution in [0.4, 0.5) is 0 Å². The third-order valence-electron chi connectivity index (χ3n) is 1.76. The molecule has 1 amide bonds. The number of amides is 1. The molecule has 0 fully saturated rings. The molecule has 0 aromatic heterocycles. The van der Waals surface area contributed by atoms with Gasteiger partial charge in [-0.15, -0.1) is 0 Å². The van der Waals surface area contributed by atoms with E-state index in [2.05, 4.69) is 15.9 Å². The molecule has 0 bridgehead atoms. The predicted octanol–water partition coefficient (Wildman–Crippen LogP) is 2.46. The third kappa shape index (κ3) is 2.31. The highest BCUT2D eigenvalue weighted by Crippen LogP contribution is 2.19. The van der Waals surface area contributed by atoms with Gasteiger partial charge in [-0.1, -0.05) is 6.07 Å². The Morgan fingerprint density at radius 1 is 1.38 bits per heavy atom. The molecule has 0 aliphatic heterocycles. The Hall–Kier alpha value is -0.830. The van der Waals surface area contributed by atoms with Crippen molar-refractivity contribution in [3.63, 3.8) is 0 Å². The molecule has 0 spiro atoms. The molecule has 1 rings (SSSR count). The maximum Gasteiger partial charge on any atom is 0.254 e. The van der Waals surface area contributed by atoms with E-state index >= 15 is 0 Å². The van der Waals surface area contributed by atoms with Gasteiger partial charge in [0, 0.05) is 18.6 Å². The summed E-state index contributed by atoms with van der Waals surface area (Å²) in [4.78, 5) is 13.1. The summed E-state index contributed by atoms with van der Waals surface area (Å²) in [5.41, 5.74) is 1.85. The minimum Gasteiger partial charge on any atom is -0.345 e. The number of nitrogens with zero attached hydrogens (tertiary/aromatic N) is 1. The number of hydrogen-bond acceptors (Lipinski definition) is 1. The Morgan fingerprint density at radius 3 is 2.46 bits per heavy atom. The molecule has 0 heterocycles. The van der Waals surface area contributed by atoms with Crippen LogP contribution < -0.4 is 0 Å². The first-order valence-corrected chi connectivity index (χ1v) is 4.79. The van der Waals surface area contributed by atoms with Crippen molar-refractivity contribution >= 4 is 21.8 Å². The van der Waals surface area contributed by atoms with Gasteiger partial charge in [0.25, 0.3) is 5.91 Å². The van der Waals surface area contributed by atoms with Crippen LogP contribution in [0.2, 0.25) is 0 Å². The van der Waals surface area contributed by atoms with Crippen LogP contribution in [0.25, 0.3) is 0 Å².